The first-order valence-electron chi connectivity index (χ1n) is 5.97. The van der Waals surface area contributed by atoms with Gasteiger partial charge in [-0.3, -0.25) is 4.79 Å². The van der Waals surface area contributed by atoms with Crippen molar-refractivity contribution in [1.82, 2.24) is 10.6 Å². The number of nitrogens with one attached hydrogen (secondary N) is 2. The minimum atomic E-state index is -1.08. The molecule has 0 aromatic heterocycles. The number of phenols is 1. The maximum Gasteiger partial charge on any atom is 0.326 e. The van der Waals surface area contributed by atoms with Gasteiger partial charge in [-0.25, -0.2) is 4.79 Å². The van der Waals surface area contributed by atoms with Gasteiger partial charge in [-0.05, 0) is 24.7 Å². The van der Waals surface area contributed by atoms with Crippen LogP contribution in [0.1, 0.15) is 12.0 Å². The fourth-order valence-corrected chi connectivity index (χ4v) is 1.57. The first-order chi connectivity index (χ1) is 9.02. The zero-order chi connectivity index (χ0) is 14.3. The number of benzene rings is 1. The molecule has 19 heavy (non-hydrogen) atoms. The van der Waals surface area contributed by atoms with E-state index in [1.807, 2.05) is 0 Å². The van der Waals surface area contributed by atoms with Gasteiger partial charge in [0.1, 0.15) is 11.8 Å². The number of carbonyl (C=O) groups excluding carboxylic acids is 1. The maximum atomic E-state index is 11.5. The largest absolute Gasteiger partial charge is 0.508 e. The van der Waals surface area contributed by atoms with Crippen LogP contribution in [0.15, 0.2) is 24.3 Å². The van der Waals surface area contributed by atoms with E-state index in [9.17, 15) is 9.59 Å². The molecule has 4 N–H and O–H groups in total. The molecule has 6 nitrogen and oxygen atoms in total. The summed E-state index contributed by atoms with van der Waals surface area (Å²) < 4.78 is 0. The highest BCUT2D eigenvalue weighted by Gasteiger charge is 2.19. The average molecular weight is 266 g/mol. The molecule has 0 aliphatic rings. The SMILES string of the molecule is CNCCC(=O)N[C@@H](Cc1ccc(O)cc1)C(=O)O. The van der Waals surface area contributed by atoms with Crippen molar-refractivity contribution in [2.75, 3.05) is 13.6 Å². The number of carboxylic acid groups (broad SMARTS) is 1. The second-order valence-corrected chi connectivity index (χ2v) is 4.18. The second-order valence-electron chi connectivity index (χ2n) is 4.18. The van der Waals surface area contributed by atoms with Crippen LogP contribution in [0.2, 0.25) is 0 Å². The van der Waals surface area contributed by atoms with Crippen LogP contribution in [0.4, 0.5) is 0 Å². The van der Waals surface area contributed by atoms with Crippen molar-refractivity contribution in [1.29, 1.82) is 0 Å². The molecule has 6 heteroatoms. The van der Waals surface area contributed by atoms with Crippen LogP contribution in [-0.4, -0.2) is 41.7 Å². The van der Waals surface area contributed by atoms with Gasteiger partial charge in [0.2, 0.25) is 5.91 Å². The molecule has 0 saturated carbocycles. The maximum absolute atomic E-state index is 11.5. The minimum absolute atomic E-state index is 0.119. The predicted octanol–water partition coefficient (Wildman–Crippen LogP) is 0.114. The molecule has 104 valence electrons. The summed E-state index contributed by atoms with van der Waals surface area (Å²) in [5, 5.41) is 23.5. The van der Waals surface area contributed by atoms with Crippen LogP contribution < -0.4 is 10.6 Å². The standard InChI is InChI=1S/C13H18N2O4/c1-14-7-6-12(17)15-11(13(18)19)8-9-2-4-10(16)5-3-9/h2-5,11,14,16H,6-8H2,1H3,(H,15,17)(H,18,19)/t11-/m0/s1. The molecule has 0 radical (unpaired) electrons. The molecule has 1 rings (SSSR count). The lowest BCUT2D eigenvalue weighted by molar-refractivity contribution is -0.141. The van der Waals surface area contributed by atoms with Crippen LogP contribution >= 0.6 is 0 Å². The highest BCUT2D eigenvalue weighted by molar-refractivity contribution is 5.83. The number of aliphatic carboxylic acids is 1. The van der Waals surface area contributed by atoms with Crippen molar-refractivity contribution in [3.63, 3.8) is 0 Å². The third kappa shape index (κ3) is 5.39. The smallest absolute Gasteiger partial charge is 0.326 e. The van der Waals surface area contributed by atoms with E-state index in [1.165, 1.54) is 12.1 Å². The molecule has 0 aliphatic carbocycles. The van der Waals surface area contributed by atoms with Gasteiger partial charge in [0, 0.05) is 19.4 Å². The first kappa shape index (κ1) is 15.0. The number of rotatable bonds is 7. The Morgan fingerprint density at radius 1 is 1.26 bits per heavy atom. The number of aromatic hydroxyl groups is 1. The van der Waals surface area contributed by atoms with Crippen LogP contribution in [0.25, 0.3) is 0 Å². The lowest BCUT2D eigenvalue weighted by Gasteiger charge is -2.14. The Kier molecular flexibility index (Phi) is 5.81. The highest BCUT2D eigenvalue weighted by Crippen LogP contribution is 2.11. The Bertz CT molecular complexity index is 431. The molecule has 0 saturated heterocycles. The van der Waals surface area contributed by atoms with E-state index in [2.05, 4.69) is 10.6 Å². The summed E-state index contributed by atoms with van der Waals surface area (Å²) in [4.78, 5) is 22.6. The van der Waals surface area contributed by atoms with E-state index >= 15 is 0 Å². The van der Waals surface area contributed by atoms with Crippen molar-refractivity contribution < 1.29 is 19.8 Å². The molecule has 0 spiro atoms. The van der Waals surface area contributed by atoms with E-state index in [0.717, 1.165) is 5.56 Å². The topological polar surface area (TPSA) is 98.7 Å². The summed E-state index contributed by atoms with van der Waals surface area (Å²) >= 11 is 0. The van der Waals surface area contributed by atoms with E-state index < -0.39 is 12.0 Å². The van der Waals surface area contributed by atoms with Crippen LogP contribution in [0.3, 0.4) is 0 Å². The fraction of sp³-hybridized carbons (Fsp3) is 0.385. The summed E-state index contributed by atoms with van der Waals surface area (Å²) in [5.74, 6) is -1.26. The molecule has 0 bridgehead atoms. The van der Waals surface area contributed by atoms with Gasteiger partial charge in [-0.15, -0.1) is 0 Å². The molecular formula is C13H18N2O4. The Morgan fingerprint density at radius 3 is 2.42 bits per heavy atom. The Hall–Kier alpha value is -2.08. The molecule has 1 atom stereocenters. The Balaban J connectivity index is 2.60. The molecule has 1 aromatic rings. The number of hydrogen-bond donors (Lipinski definition) is 4. The lowest BCUT2D eigenvalue weighted by Crippen LogP contribution is -2.43. The van der Waals surface area contributed by atoms with Crippen LogP contribution in [0.5, 0.6) is 5.75 Å². The van der Waals surface area contributed by atoms with E-state index in [1.54, 1.807) is 19.2 Å². The molecule has 0 aliphatic heterocycles. The van der Waals surface area contributed by atoms with Crippen molar-refractivity contribution in [3.8, 4) is 5.75 Å². The minimum Gasteiger partial charge on any atom is -0.508 e. The molecule has 0 heterocycles. The van der Waals surface area contributed by atoms with Crippen molar-refractivity contribution in [3.05, 3.63) is 29.8 Å². The summed E-state index contributed by atoms with van der Waals surface area (Å²) in [6.07, 6.45) is 0.413. The summed E-state index contributed by atoms with van der Waals surface area (Å²) in [7, 11) is 1.72. The number of amides is 1. The van der Waals surface area contributed by atoms with E-state index in [4.69, 9.17) is 10.2 Å². The molecular weight excluding hydrogens is 248 g/mol. The molecule has 0 fully saturated rings. The summed E-state index contributed by atoms with van der Waals surface area (Å²) in [6, 6.07) is 5.26. The number of carboxylic acids is 1. The van der Waals surface area contributed by atoms with Gasteiger partial charge in [0.05, 0.1) is 0 Å². The second kappa shape index (κ2) is 7.38. The van der Waals surface area contributed by atoms with Gasteiger partial charge < -0.3 is 20.8 Å². The summed E-state index contributed by atoms with van der Waals surface area (Å²) in [6.45, 7) is 0.497. The Labute approximate surface area is 111 Å². The predicted molar refractivity (Wildman–Crippen MR) is 69.9 cm³/mol. The van der Waals surface area contributed by atoms with Gasteiger partial charge in [0.15, 0.2) is 0 Å². The monoisotopic (exact) mass is 266 g/mol. The average Bonchev–Trinajstić information content (AvgIpc) is 2.38. The third-order valence-corrected chi connectivity index (χ3v) is 2.61. The molecule has 0 unspecified atom stereocenters. The van der Waals surface area contributed by atoms with Crippen molar-refractivity contribution in [2.45, 2.75) is 18.9 Å². The Morgan fingerprint density at radius 2 is 1.89 bits per heavy atom. The fourth-order valence-electron chi connectivity index (χ4n) is 1.57. The van der Waals surface area contributed by atoms with Crippen molar-refractivity contribution >= 4 is 11.9 Å². The van der Waals surface area contributed by atoms with E-state index in [0.29, 0.717) is 6.54 Å². The quantitative estimate of drug-likeness (QED) is 0.561. The zero-order valence-electron chi connectivity index (χ0n) is 10.7. The number of phenolic OH excluding ortho intramolecular Hbond substituents is 1. The number of carbonyl (C=O) groups is 2. The van der Waals surface area contributed by atoms with Gasteiger partial charge in [-0.2, -0.15) is 0 Å². The van der Waals surface area contributed by atoms with Crippen molar-refractivity contribution in [2.24, 2.45) is 0 Å². The van der Waals surface area contributed by atoms with Crippen LogP contribution in [-0.2, 0) is 16.0 Å². The normalized spacial score (nSPS) is 11.8. The number of hydrogen-bond acceptors (Lipinski definition) is 4. The summed E-state index contributed by atoms with van der Waals surface area (Å²) in [5.41, 5.74) is 0.735. The first-order valence-corrected chi connectivity index (χ1v) is 5.97. The van der Waals surface area contributed by atoms with Gasteiger partial charge >= 0.3 is 5.97 Å². The van der Waals surface area contributed by atoms with Gasteiger partial charge in [0.25, 0.3) is 0 Å². The molecule has 1 aromatic carbocycles. The zero-order valence-corrected chi connectivity index (χ0v) is 10.7. The van der Waals surface area contributed by atoms with E-state index in [-0.39, 0.29) is 24.5 Å². The third-order valence-electron chi connectivity index (χ3n) is 2.61. The lowest BCUT2D eigenvalue weighted by atomic mass is 10.1. The molecule has 1 amide bonds. The van der Waals surface area contributed by atoms with Crippen LogP contribution in [0, 0.1) is 0 Å². The van der Waals surface area contributed by atoms with Gasteiger partial charge in [-0.1, -0.05) is 12.1 Å². The highest BCUT2D eigenvalue weighted by atomic mass is 16.4.